The smallest absolute Gasteiger partial charge is 0.219 e. The van der Waals surface area contributed by atoms with E-state index in [1.54, 1.807) is 18.5 Å². The van der Waals surface area contributed by atoms with Gasteiger partial charge in [0.25, 0.3) is 0 Å². The third kappa shape index (κ3) is 8.84. The number of nitrogens with two attached hydrogens (primary N) is 1. The second-order valence-corrected chi connectivity index (χ2v) is 2.45. The monoisotopic (exact) mass is 154 g/mol. The number of nitrogen functional groups attached to an aromatic ring is 1. The largest absolute Gasteiger partial charge is 0.368 e. The molecule has 0 aliphatic carbocycles. The topological polar surface area (TPSA) is 55.0 Å². The minimum Gasteiger partial charge on any atom is -0.368 e. The van der Waals surface area contributed by atoms with Gasteiger partial charge in [0.15, 0.2) is 0 Å². The van der Waals surface area contributed by atoms with E-state index in [1.807, 2.05) is 26.0 Å². The van der Waals surface area contributed by atoms with E-state index >= 15 is 0 Å². The molecule has 1 rings (SSSR count). The molecule has 0 amide bonds. The predicted octanol–water partition coefficient (Wildman–Crippen LogP) is 0.237. The Morgan fingerprint density at radius 2 is 1.55 bits per heavy atom. The van der Waals surface area contributed by atoms with Crippen molar-refractivity contribution in [2.75, 3.05) is 26.9 Å². The summed E-state index contributed by atoms with van der Waals surface area (Å²) in [7, 11) is 6.00. The summed E-state index contributed by atoms with van der Waals surface area (Å²) < 4.78 is 0. The number of anilines is 1. The number of aromatic nitrogens is 2. The van der Waals surface area contributed by atoms with Gasteiger partial charge in [-0.3, -0.25) is 0 Å². The van der Waals surface area contributed by atoms with Crippen molar-refractivity contribution in [3.63, 3.8) is 0 Å². The van der Waals surface area contributed by atoms with Crippen LogP contribution in [-0.4, -0.2) is 36.0 Å². The average Bonchev–Trinajstić information content (AvgIpc) is 1.87. The molecule has 0 aliphatic rings. The van der Waals surface area contributed by atoms with E-state index in [1.165, 1.54) is 0 Å². The second-order valence-electron chi connectivity index (χ2n) is 2.45. The summed E-state index contributed by atoms with van der Waals surface area (Å²) in [5.74, 6) is 0.322. The van der Waals surface area contributed by atoms with Gasteiger partial charge in [0, 0.05) is 12.4 Å². The highest BCUT2D eigenvalue weighted by Gasteiger charge is 1.75. The first-order valence-corrected chi connectivity index (χ1v) is 3.26. The van der Waals surface area contributed by atoms with Crippen LogP contribution in [0.25, 0.3) is 0 Å². The van der Waals surface area contributed by atoms with Gasteiger partial charge < -0.3 is 10.6 Å². The molecule has 4 heteroatoms. The molecule has 2 N–H and O–H groups in total. The summed E-state index contributed by atoms with van der Waals surface area (Å²) in [6.07, 6.45) is 3.20. The molecule has 11 heavy (non-hydrogen) atoms. The molecule has 0 fully saturated rings. The van der Waals surface area contributed by atoms with Crippen LogP contribution in [0.1, 0.15) is 0 Å². The van der Waals surface area contributed by atoms with Gasteiger partial charge in [-0.2, -0.15) is 0 Å². The zero-order valence-corrected chi connectivity index (χ0v) is 7.15. The fourth-order valence-corrected chi connectivity index (χ4v) is 0.311. The standard InChI is InChI=1S/C4H5N3.C3H9N/c5-4-6-2-1-3-7-4;1-4(2)3/h1-3H,(H2,5,6,7);1-3H3. The van der Waals surface area contributed by atoms with Gasteiger partial charge in [0.1, 0.15) is 0 Å². The maximum Gasteiger partial charge on any atom is 0.219 e. The van der Waals surface area contributed by atoms with Crippen LogP contribution in [0.15, 0.2) is 18.5 Å². The highest BCUT2D eigenvalue weighted by atomic mass is 15.0. The molecule has 0 saturated carbocycles. The number of nitrogens with zero attached hydrogens (tertiary/aromatic N) is 3. The van der Waals surface area contributed by atoms with E-state index in [0.717, 1.165) is 0 Å². The molecule has 0 bridgehead atoms. The minimum atomic E-state index is 0.322. The molecule has 62 valence electrons. The summed E-state index contributed by atoms with van der Waals surface area (Å²) in [5.41, 5.74) is 5.14. The summed E-state index contributed by atoms with van der Waals surface area (Å²) in [6.45, 7) is 0. The van der Waals surface area contributed by atoms with Crippen LogP contribution in [0.4, 0.5) is 5.95 Å². The first-order chi connectivity index (χ1) is 5.13. The third-order valence-electron chi connectivity index (χ3n) is 0.586. The van der Waals surface area contributed by atoms with Crippen molar-refractivity contribution >= 4 is 5.95 Å². The summed E-state index contributed by atoms with van der Waals surface area (Å²) >= 11 is 0. The molecular weight excluding hydrogens is 140 g/mol. The minimum absolute atomic E-state index is 0.322. The third-order valence-corrected chi connectivity index (χ3v) is 0.586. The van der Waals surface area contributed by atoms with Crippen LogP contribution in [0.2, 0.25) is 0 Å². The van der Waals surface area contributed by atoms with E-state index in [2.05, 4.69) is 9.97 Å². The summed E-state index contributed by atoms with van der Waals surface area (Å²) in [4.78, 5) is 9.29. The highest BCUT2D eigenvalue weighted by Crippen LogP contribution is 1.81. The van der Waals surface area contributed by atoms with Crippen molar-refractivity contribution in [3.05, 3.63) is 18.5 Å². The lowest BCUT2D eigenvalue weighted by Gasteiger charge is -1.90. The Labute approximate surface area is 67.1 Å². The zero-order valence-electron chi connectivity index (χ0n) is 7.15. The SMILES string of the molecule is CN(C)C.Nc1ncccn1. The van der Waals surface area contributed by atoms with Gasteiger partial charge in [-0.1, -0.05) is 0 Å². The van der Waals surface area contributed by atoms with E-state index in [9.17, 15) is 0 Å². The van der Waals surface area contributed by atoms with Crippen molar-refractivity contribution in [1.29, 1.82) is 0 Å². The maximum atomic E-state index is 5.14. The number of hydrogen-bond acceptors (Lipinski definition) is 4. The fourth-order valence-electron chi connectivity index (χ4n) is 0.311. The Kier molecular flexibility index (Phi) is 5.02. The van der Waals surface area contributed by atoms with Gasteiger partial charge in [0.2, 0.25) is 5.95 Å². The average molecular weight is 154 g/mol. The number of hydrogen-bond donors (Lipinski definition) is 1. The van der Waals surface area contributed by atoms with Crippen molar-refractivity contribution < 1.29 is 0 Å². The summed E-state index contributed by atoms with van der Waals surface area (Å²) in [5, 5.41) is 0. The van der Waals surface area contributed by atoms with Crippen molar-refractivity contribution in [2.24, 2.45) is 0 Å². The van der Waals surface area contributed by atoms with Gasteiger partial charge in [-0.05, 0) is 27.2 Å². The van der Waals surface area contributed by atoms with Gasteiger partial charge in [-0.15, -0.1) is 0 Å². The lowest BCUT2D eigenvalue weighted by atomic mass is 10.7. The van der Waals surface area contributed by atoms with Gasteiger partial charge >= 0.3 is 0 Å². The first kappa shape index (κ1) is 9.84. The molecule has 0 saturated heterocycles. The van der Waals surface area contributed by atoms with Crippen LogP contribution in [0.5, 0.6) is 0 Å². The molecule has 1 heterocycles. The lowest BCUT2D eigenvalue weighted by molar-refractivity contribution is 0.505. The van der Waals surface area contributed by atoms with E-state index in [-0.39, 0.29) is 0 Å². The van der Waals surface area contributed by atoms with Crippen molar-refractivity contribution in [1.82, 2.24) is 14.9 Å². The quantitative estimate of drug-likeness (QED) is 0.581. The van der Waals surface area contributed by atoms with Crippen LogP contribution in [0.3, 0.4) is 0 Å². The van der Waals surface area contributed by atoms with Crippen molar-refractivity contribution in [3.8, 4) is 0 Å². The Balaban J connectivity index is 0.000000218. The Morgan fingerprint density at radius 3 is 1.73 bits per heavy atom. The summed E-state index contributed by atoms with van der Waals surface area (Å²) in [6, 6.07) is 1.72. The van der Waals surface area contributed by atoms with Crippen LogP contribution < -0.4 is 5.73 Å². The lowest BCUT2D eigenvalue weighted by Crippen LogP contribution is -1.99. The van der Waals surface area contributed by atoms with E-state index < -0.39 is 0 Å². The first-order valence-electron chi connectivity index (χ1n) is 3.26. The molecular formula is C7H14N4. The molecule has 0 aliphatic heterocycles. The number of rotatable bonds is 0. The van der Waals surface area contributed by atoms with E-state index in [4.69, 9.17) is 5.73 Å². The predicted molar refractivity (Wildman–Crippen MR) is 46.1 cm³/mol. The van der Waals surface area contributed by atoms with Gasteiger partial charge in [0.05, 0.1) is 0 Å². The highest BCUT2D eigenvalue weighted by molar-refractivity contribution is 5.11. The van der Waals surface area contributed by atoms with Crippen LogP contribution >= 0.6 is 0 Å². The van der Waals surface area contributed by atoms with Crippen LogP contribution in [0, 0.1) is 0 Å². The molecule has 0 radical (unpaired) electrons. The molecule has 1 aromatic rings. The Morgan fingerprint density at radius 1 is 1.18 bits per heavy atom. The molecule has 0 spiro atoms. The van der Waals surface area contributed by atoms with Crippen LogP contribution in [-0.2, 0) is 0 Å². The molecule has 0 atom stereocenters. The van der Waals surface area contributed by atoms with Gasteiger partial charge in [-0.25, -0.2) is 9.97 Å². The second kappa shape index (κ2) is 5.61. The maximum absolute atomic E-state index is 5.14. The molecule has 4 nitrogen and oxygen atoms in total. The van der Waals surface area contributed by atoms with Crippen molar-refractivity contribution in [2.45, 2.75) is 0 Å². The molecule has 0 unspecified atom stereocenters. The van der Waals surface area contributed by atoms with E-state index in [0.29, 0.717) is 5.95 Å². The normalized spacial score (nSPS) is 8.73. The Hall–Kier alpha value is -1.16. The molecule has 0 aromatic carbocycles. The Bertz CT molecular complexity index is 170. The fraction of sp³-hybridized carbons (Fsp3) is 0.429. The molecule has 1 aromatic heterocycles. The zero-order chi connectivity index (χ0) is 8.69.